The summed E-state index contributed by atoms with van der Waals surface area (Å²) in [4.78, 5) is 24.8. The van der Waals surface area contributed by atoms with Gasteiger partial charge in [-0.05, 0) is 19.2 Å². The Morgan fingerprint density at radius 1 is 1.38 bits per heavy atom. The van der Waals surface area contributed by atoms with Crippen molar-refractivity contribution in [1.82, 2.24) is 15.5 Å². The molecule has 1 aliphatic heterocycles. The molecule has 2 amide bonds. The molecule has 1 rings (SSSR count). The van der Waals surface area contributed by atoms with E-state index in [0.29, 0.717) is 19.6 Å². The van der Waals surface area contributed by atoms with Gasteiger partial charge in [-0.25, -0.2) is 0 Å². The fraction of sp³-hybridized carbons (Fsp3) is 0.800. The summed E-state index contributed by atoms with van der Waals surface area (Å²) in [5.74, 6) is -0.0404. The first-order chi connectivity index (χ1) is 7.75. The summed E-state index contributed by atoms with van der Waals surface area (Å²) in [6, 6.07) is 0. The molecule has 0 radical (unpaired) electrons. The first-order valence-corrected chi connectivity index (χ1v) is 6.92. The molecule has 0 aromatic carbocycles. The van der Waals surface area contributed by atoms with Crippen LogP contribution in [-0.2, 0) is 9.59 Å². The monoisotopic (exact) mass is 245 g/mol. The van der Waals surface area contributed by atoms with Crippen molar-refractivity contribution in [3.8, 4) is 0 Å². The van der Waals surface area contributed by atoms with Gasteiger partial charge in [-0.2, -0.15) is 11.8 Å². The number of nitrogens with zero attached hydrogens (tertiary/aromatic N) is 1. The van der Waals surface area contributed by atoms with Gasteiger partial charge in [-0.3, -0.25) is 9.59 Å². The number of thioether (sulfide) groups is 1. The molecule has 0 saturated carbocycles. The van der Waals surface area contributed by atoms with Crippen molar-refractivity contribution in [3.05, 3.63) is 0 Å². The highest BCUT2D eigenvalue weighted by atomic mass is 32.2. The van der Waals surface area contributed by atoms with E-state index in [1.807, 2.05) is 6.26 Å². The zero-order valence-electron chi connectivity index (χ0n) is 9.62. The Kier molecular flexibility index (Phi) is 6.25. The summed E-state index contributed by atoms with van der Waals surface area (Å²) in [7, 11) is 0. The molecule has 0 aromatic heterocycles. The van der Waals surface area contributed by atoms with Gasteiger partial charge in [0.05, 0.1) is 0 Å². The van der Waals surface area contributed by atoms with Crippen LogP contribution in [-0.4, -0.2) is 61.4 Å². The highest BCUT2D eigenvalue weighted by Crippen LogP contribution is 1.96. The zero-order chi connectivity index (χ0) is 11.8. The molecule has 0 atom stereocenters. The van der Waals surface area contributed by atoms with Crippen molar-refractivity contribution in [2.75, 3.05) is 44.7 Å². The van der Waals surface area contributed by atoms with E-state index in [1.54, 1.807) is 16.7 Å². The normalized spacial score (nSPS) is 16.7. The van der Waals surface area contributed by atoms with Gasteiger partial charge in [0.1, 0.15) is 0 Å². The van der Waals surface area contributed by atoms with E-state index < -0.39 is 11.8 Å². The van der Waals surface area contributed by atoms with Crippen LogP contribution in [0.5, 0.6) is 0 Å². The summed E-state index contributed by atoms with van der Waals surface area (Å²) in [5.41, 5.74) is 0. The quantitative estimate of drug-likeness (QED) is 0.509. The van der Waals surface area contributed by atoms with Crippen molar-refractivity contribution in [2.45, 2.75) is 6.42 Å². The standard InChI is InChI=1S/C10H19N3O2S/c1-16-8-5-12-9(14)10(15)13-6-2-3-11-4-7-13/h11H,2-8H2,1H3,(H,12,14). The maximum absolute atomic E-state index is 11.7. The number of rotatable bonds is 3. The van der Waals surface area contributed by atoms with Gasteiger partial charge in [0.25, 0.3) is 0 Å². The van der Waals surface area contributed by atoms with E-state index in [-0.39, 0.29) is 0 Å². The molecule has 92 valence electrons. The van der Waals surface area contributed by atoms with Gasteiger partial charge in [0, 0.05) is 31.9 Å². The van der Waals surface area contributed by atoms with Crippen LogP contribution in [0, 0.1) is 0 Å². The summed E-state index contributed by atoms with van der Waals surface area (Å²) in [6.07, 6.45) is 2.87. The van der Waals surface area contributed by atoms with Crippen molar-refractivity contribution in [1.29, 1.82) is 0 Å². The minimum atomic E-state index is -0.476. The Labute approximate surface area is 100 Å². The molecule has 0 aromatic rings. The van der Waals surface area contributed by atoms with E-state index >= 15 is 0 Å². The van der Waals surface area contributed by atoms with Gasteiger partial charge in [-0.15, -0.1) is 0 Å². The molecule has 0 unspecified atom stereocenters. The Bertz CT molecular complexity index is 240. The molecule has 1 heterocycles. The lowest BCUT2D eigenvalue weighted by Gasteiger charge is -2.18. The predicted octanol–water partition coefficient (Wildman–Crippen LogP) is -0.712. The first-order valence-electron chi connectivity index (χ1n) is 5.52. The molecular formula is C10H19N3O2S. The molecule has 16 heavy (non-hydrogen) atoms. The van der Waals surface area contributed by atoms with Crippen LogP contribution in [0.3, 0.4) is 0 Å². The van der Waals surface area contributed by atoms with Crippen molar-refractivity contribution in [3.63, 3.8) is 0 Å². The second-order valence-corrected chi connectivity index (χ2v) is 4.63. The van der Waals surface area contributed by atoms with Gasteiger partial charge < -0.3 is 15.5 Å². The topological polar surface area (TPSA) is 61.4 Å². The van der Waals surface area contributed by atoms with E-state index in [4.69, 9.17) is 0 Å². The van der Waals surface area contributed by atoms with Crippen LogP contribution in [0.15, 0.2) is 0 Å². The van der Waals surface area contributed by atoms with Gasteiger partial charge in [0.15, 0.2) is 0 Å². The van der Waals surface area contributed by atoms with Crippen LogP contribution in [0.4, 0.5) is 0 Å². The summed E-state index contributed by atoms with van der Waals surface area (Å²) >= 11 is 1.64. The zero-order valence-corrected chi connectivity index (χ0v) is 10.4. The maximum atomic E-state index is 11.7. The van der Waals surface area contributed by atoms with Crippen molar-refractivity contribution >= 4 is 23.6 Å². The lowest BCUT2D eigenvalue weighted by molar-refractivity contribution is -0.145. The number of hydrogen-bond donors (Lipinski definition) is 2. The predicted molar refractivity (Wildman–Crippen MR) is 65.5 cm³/mol. The lowest BCUT2D eigenvalue weighted by Crippen LogP contribution is -2.44. The number of carbonyl (C=O) groups is 2. The molecule has 0 aliphatic carbocycles. The average Bonchev–Trinajstić information content (AvgIpc) is 2.56. The molecule has 1 fully saturated rings. The van der Waals surface area contributed by atoms with Crippen LogP contribution in [0.1, 0.15) is 6.42 Å². The molecular weight excluding hydrogens is 226 g/mol. The minimum absolute atomic E-state index is 0.398. The highest BCUT2D eigenvalue weighted by Gasteiger charge is 2.21. The third-order valence-corrected chi connectivity index (χ3v) is 3.03. The fourth-order valence-electron chi connectivity index (χ4n) is 1.53. The number of nitrogens with one attached hydrogen (secondary N) is 2. The third-order valence-electron chi connectivity index (χ3n) is 2.41. The molecule has 5 nitrogen and oxygen atoms in total. The summed E-state index contributed by atoms with van der Waals surface area (Å²) < 4.78 is 0. The van der Waals surface area contributed by atoms with Crippen LogP contribution in [0.25, 0.3) is 0 Å². The lowest BCUT2D eigenvalue weighted by atomic mass is 10.3. The molecule has 6 heteroatoms. The Morgan fingerprint density at radius 3 is 2.94 bits per heavy atom. The Hall–Kier alpha value is -0.750. The fourth-order valence-corrected chi connectivity index (χ4v) is 1.84. The molecule has 1 aliphatic rings. The average molecular weight is 245 g/mol. The van der Waals surface area contributed by atoms with Crippen LogP contribution >= 0.6 is 11.8 Å². The SMILES string of the molecule is CSCCNC(=O)C(=O)N1CCCNCC1. The Balaban J connectivity index is 2.33. The molecule has 0 bridgehead atoms. The third kappa shape index (κ3) is 4.40. The molecule has 0 spiro atoms. The molecule has 1 saturated heterocycles. The van der Waals surface area contributed by atoms with Crippen molar-refractivity contribution < 1.29 is 9.59 Å². The minimum Gasteiger partial charge on any atom is -0.347 e. The summed E-state index contributed by atoms with van der Waals surface area (Å²) in [6.45, 7) is 3.52. The summed E-state index contributed by atoms with van der Waals surface area (Å²) in [5, 5.41) is 5.82. The second-order valence-electron chi connectivity index (χ2n) is 3.64. The highest BCUT2D eigenvalue weighted by molar-refractivity contribution is 7.98. The smallest absolute Gasteiger partial charge is 0.311 e. The van der Waals surface area contributed by atoms with Gasteiger partial charge >= 0.3 is 11.8 Å². The Morgan fingerprint density at radius 2 is 2.19 bits per heavy atom. The van der Waals surface area contributed by atoms with E-state index in [0.717, 1.165) is 25.3 Å². The van der Waals surface area contributed by atoms with Crippen LogP contribution in [0.2, 0.25) is 0 Å². The van der Waals surface area contributed by atoms with Crippen LogP contribution < -0.4 is 10.6 Å². The number of carbonyl (C=O) groups excluding carboxylic acids is 2. The maximum Gasteiger partial charge on any atom is 0.311 e. The van der Waals surface area contributed by atoms with Gasteiger partial charge in [-0.1, -0.05) is 0 Å². The number of amides is 2. The van der Waals surface area contributed by atoms with Crippen molar-refractivity contribution in [2.24, 2.45) is 0 Å². The van der Waals surface area contributed by atoms with E-state index in [2.05, 4.69) is 10.6 Å². The first kappa shape index (κ1) is 13.3. The largest absolute Gasteiger partial charge is 0.347 e. The van der Waals surface area contributed by atoms with E-state index in [1.165, 1.54) is 0 Å². The number of hydrogen-bond acceptors (Lipinski definition) is 4. The molecule has 2 N–H and O–H groups in total. The second kappa shape index (κ2) is 7.51. The van der Waals surface area contributed by atoms with E-state index in [9.17, 15) is 9.59 Å². The van der Waals surface area contributed by atoms with Gasteiger partial charge in [0.2, 0.25) is 0 Å².